The van der Waals surface area contributed by atoms with Crippen molar-refractivity contribution in [1.29, 1.82) is 0 Å². The molecule has 120 valence electrons. The number of aryl methyl sites for hydroxylation is 1. The van der Waals surface area contributed by atoms with Gasteiger partial charge in [0.15, 0.2) is 0 Å². The van der Waals surface area contributed by atoms with Gasteiger partial charge in [-0.15, -0.1) is 11.3 Å². The highest BCUT2D eigenvalue weighted by Gasteiger charge is 2.36. The van der Waals surface area contributed by atoms with Gasteiger partial charge in [-0.1, -0.05) is 12.1 Å². The van der Waals surface area contributed by atoms with E-state index in [9.17, 15) is 14.0 Å². The molecule has 1 saturated heterocycles. The van der Waals surface area contributed by atoms with Crippen LogP contribution in [0.25, 0.3) is 0 Å². The first-order valence-electron chi connectivity index (χ1n) is 7.41. The molecule has 0 unspecified atom stereocenters. The number of benzene rings is 1. The van der Waals surface area contributed by atoms with E-state index in [-0.39, 0.29) is 17.5 Å². The van der Waals surface area contributed by atoms with Gasteiger partial charge in [0.1, 0.15) is 11.9 Å². The highest BCUT2D eigenvalue weighted by Crippen LogP contribution is 2.26. The molecule has 2 heterocycles. The molecule has 6 heteroatoms. The van der Waals surface area contributed by atoms with Gasteiger partial charge < -0.3 is 9.80 Å². The van der Waals surface area contributed by atoms with E-state index in [4.69, 9.17) is 0 Å². The quantitative estimate of drug-likeness (QED) is 0.848. The number of thiophene rings is 1. The maximum Gasteiger partial charge on any atom is 0.264 e. The van der Waals surface area contributed by atoms with Gasteiger partial charge in [-0.25, -0.2) is 4.39 Å². The molecule has 0 spiro atoms. The van der Waals surface area contributed by atoms with Crippen LogP contribution in [-0.4, -0.2) is 35.8 Å². The third kappa shape index (κ3) is 2.86. The summed E-state index contributed by atoms with van der Waals surface area (Å²) in [6.45, 7) is 4.22. The Bertz CT molecular complexity index is 745. The summed E-state index contributed by atoms with van der Waals surface area (Å²) >= 11 is 1.35. The van der Waals surface area contributed by atoms with Crippen LogP contribution in [0.15, 0.2) is 35.7 Å². The average molecular weight is 332 g/mol. The molecule has 0 bridgehead atoms. The Morgan fingerprint density at radius 1 is 1.30 bits per heavy atom. The Balaban J connectivity index is 1.84. The predicted molar refractivity (Wildman–Crippen MR) is 88.3 cm³/mol. The van der Waals surface area contributed by atoms with Crippen molar-refractivity contribution >= 4 is 28.8 Å². The lowest BCUT2D eigenvalue weighted by atomic mass is 10.1. The zero-order chi connectivity index (χ0) is 16.6. The smallest absolute Gasteiger partial charge is 0.264 e. The van der Waals surface area contributed by atoms with Crippen LogP contribution < -0.4 is 4.90 Å². The van der Waals surface area contributed by atoms with Gasteiger partial charge in [-0.2, -0.15) is 0 Å². The van der Waals surface area contributed by atoms with Crippen molar-refractivity contribution in [3.05, 3.63) is 52.0 Å². The number of nitrogens with zero attached hydrogens (tertiary/aromatic N) is 2. The highest BCUT2D eigenvalue weighted by molar-refractivity contribution is 7.12. The molecule has 0 N–H and O–H groups in total. The van der Waals surface area contributed by atoms with Gasteiger partial charge in [-0.3, -0.25) is 9.59 Å². The molecule has 2 amide bonds. The van der Waals surface area contributed by atoms with Crippen molar-refractivity contribution in [3.63, 3.8) is 0 Å². The maximum atomic E-state index is 14.1. The molecular formula is C17H17FN2O2S. The second-order valence-electron chi connectivity index (χ2n) is 5.60. The van der Waals surface area contributed by atoms with E-state index in [1.807, 2.05) is 18.4 Å². The lowest BCUT2D eigenvalue weighted by Gasteiger charge is -2.39. The number of halogens is 1. The Hall–Kier alpha value is -2.21. The fourth-order valence-corrected chi connectivity index (χ4v) is 3.44. The molecule has 0 radical (unpaired) electrons. The van der Waals surface area contributed by atoms with E-state index in [1.165, 1.54) is 22.3 Å². The maximum absolute atomic E-state index is 14.1. The summed E-state index contributed by atoms with van der Waals surface area (Å²) in [5.41, 5.74) is 1.17. The van der Waals surface area contributed by atoms with Crippen LogP contribution in [0.2, 0.25) is 0 Å². The first kappa shape index (κ1) is 15.7. The number of carbonyl (C=O) groups excluding carboxylic acids is 2. The Kier molecular flexibility index (Phi) is 4.17. The molecule has 0 saturated carbocycles. The number of rotatable bonds is 2. The SMILES string of the molecule is Cc1ccc(F)c(N2CCN(C(=O)c3cccs3)[C@@H](C)C2=O)c1. The van der Waals surface area contributed by atoms with Gasteiger partial charge in [0.25, 0.3) is 5.91 Å². The van der Waals surface area contributed by atoms with Crippen LogP contribution in [-0.2, 0) is 4.79 Å². The fraction of sp³-hybridized carbons (Fsp3) is 0.294. The van der Waals surface area contributed by atoms with Gasteiger partial charge in [0, 0.05) is 13.1 Å². The predicted octanol–water partition coefficient (Wildman–Crippen LogP) is 3.07. The third-order valence-electron chi connectivity index (χ3n) is 4.04. The molecule has 1 aromatic carbocycles. The van der Waals surface area contributed by atoms with E-state index in [0.29, 0.717) is 18.0 Å². The standard InChI is InChI=1S/C17H17FN2O2S/c1-11-5-6-13(18)14(10-11)20-8-7-19(12(2)16(20)21)17(22)15-4-3-9-23-15/h3-6,9-10,12H,7-8H2,1-2H3/t12-/m0/s1. The first-order chi connectivity index (χ1) is 11.0. The number of anilines is 1. The van der Waals surface area contributed by atoms with Gasteiger partial charge >= 0.3 is 0 Å². The number of hydrogen-bond acceptors (Lipinski definition) is 3. The van der Waals surface area contributed by atoms with Crippen molar-refractivity contribution in [2.24, 2.45) is 0 Å². The van der Waals surface area contributed by atoms with E-state index in [1.54, 1.807) is 30.0 Å². The largest absolute Gasteiger partial charge is 0.324 e. The second kappa shape index (κ2) is 6.12. The zero-order valence-electron chi connectivity index (χ0n) is 13.0. The molecule has 1 fully saturated rings. The van der Waals surface area contributed by atoms with Gasteiger partial charge in [0.2, 0.25) is 5.91 Å². The minimum Gasteiger partial charge on any atom is -0.324 e. The Labute approximate surface area is 138 Å². The van der Waals surface area contributed by atoms with Crippen LogP contribution in [0.1, 0.15) is 22.2 Å². The molecule has 2 aromatic rings. The van der Waals surface area contributed by atoms with Crippen LogP contribution in [0.3, 0.4) is 0 Å². The lowest BCUT2D eigenvalue weighted by Crippen LogP contribution is -2.57. The van der Waals surface area contributed by atoms with E-state index < -0.39 is 11.9 Å². The molecule has 1 aliphatic heterocycles. The Morgan fingerprint density at radius 3 is 2.78 bits per heavy atom. The minimum absolute atomic E-state index is 0.148. The van der Waals surface area contributed by atoms with E-state index in [2.05, 4.69) is 0 Å². The van der Waals surface area contributed by atoms with Gasteiger partial charge in [0.05, 0.1) is 10.6 Å². The summed E-state index contributed by atoms with van der Waals surface area (Å²) in [5.74, 6) is -0.829. The van der Waals surface area contributed by atoms with Crippen LogP contribution >= 0.6 is 11.3 Å². The summed E-state index contributed by atoms with van der Waals surface area (Å²) in [6.07, 6.45) is 0. The summed E-state index contributed by atoms with van der Waals surface area (Å²) < 4.78 is 14.1. The molecular weight excluding hydrogens is 315 g/mol. The van der Waals surface area contributed by atoms with Crippen LogP contribution in [0.4, 0.5) is 10.1 Å². The zero-order valence-corrected chi connectivity index (χ0v) is 13.8. The fourth-order valence-electron chi connectivity index (χ4n) is 2.76. The molecule has 4 nitrogen and oxygen atoms in total. The third-order valence-corrected chi connectivity index (χ3v) is 4.90. The number of amides is 2. The average Bonchev–Trinajstić information content (AvgIpc) is 3.06. The number of piperazine rings is 1. The molecule has 1 atom stereocenters. The van der Waals surface area contributed by atoms with E-state index in [0.717, 1.165) is 5.56 Å². The molecule has 1 aliphatic rings. The number of hydrogen-bond donors (Lipinski definition) is 0. The van der Waals surface area contributed by atoms with Crippen molar-refractivity contribution in [2.45, 2.75) is 19.9 Å². The monoisotopic (exact) mass is 332 g/mol. The first-order valence-corrected chi connectivity index (χ1v) is 8.29. The van der Waals surface area contributed by atoms with E-state index >= 15 is 0 Å². The van der Waals surface area contributed by atoms with Crippen molar-refractivity contribution in [1.82, 2.24) is 4.90 Å². The minimum atomic E-state index is -0.613. The van der Waals surface area contributed by atoms with Gasteiger partial charge in [-0.05, 0) is 43.0 Å². The number of carbonyl (C=O) groups is 2. The van der Waals surface area contributed by atoms with Crippen molar-refractivity contribution < 1.29 is 14.0 Å². The normalized spacial score (nSPS) is 18.4. The highest BCUT2D eigenvalue weighted by atomic mass is 32.1. The summed E-state index contributed by atoms with van der Waals surface area (Å²) in [6, 6.07) is 7.64. The summed E-state index contributed by atoms with van der Waals surface area (Å²) in [5, 5.41) is 1.83. The molecule has 23 heavy (non-hydrogen) atoms. The van der Waals surface area contributed by atoms with Crippen molar-refractivity contribution in [2.75, 3.05) is 18.0 Å². The van der Waals surface area contributed by atoms with Crippen LogP contribution in [0.5, 0.6) is 0 Å². The molecule has 0 aliphatic carbocycles. The van der Waals surface area contributed by atoms with Crippen molar-refractivity contribution in [3.8, 4) is 0 Å². The topological polar surface area (TPSA) is 40.6 Å². The molecule has 3 rings (SSSR count). The lowest BCUT2D eigenvalue weighted by molar-refractivity contribution is -0.124. The summed E-state index contributed by atoms with van der Waals surface area (Å²) in [7, 11) is 0. The second-order valence-corrected chi connectivity index (χ2v) is 6.54. The summed E-state index contributed by atoms with van der Waals surface area (Å²) in [4.78, 5) is 28.7. The Morgan fingerprint density at radius 2 is 2.09 bits per heavy atom. The molecule has 1 aromatic heterocycles. The van der Waals surface area contributed by atoms with Crippen LogP contribution in [0, 0.1) is 12.7 Å².